The van der Waals surface area contributed by atoms with Gasteiger partial charge in [-0.2, -0.15) is 0 Å². The van der Waals surface area contributed by atoms with Crippen molar-refractivity contribution < 1.29 is 9.59 Å². The number of carbonyl (C=O) groups is 2. The maximum Gasteiger partial charge on any atom is 0.226 e. The molecule has 5 nitrogen and oxygen atoms in total. The average molecular weight is 352 g/mol. The maximum atomic E-state index is 12.3. The molecule has 1 aliphatic rings. The van der Waals surface area contributed by atoms with Crippen molar-refractivity contribution in [3.05, 3.63) is 11.6 Å². The predicted octanol–water partition coefficient (Wildman–Crippen LogP) is 3.93. The van der Waals surface area contributed by atoms with Gasteiger partial charge in [0.15, 0.2) is 5.13 Å². The first-order valence-corrected chi connectivity index (χ1v) is 9.99. The third-order valence-corrected chi connectivity index (χ3v) is 5.58. The highest BCUT2D eigenvalue weighted by molar-refractivity contribution is 7.13. The van der Waals surface area contributed by atoms with E-state index in [1.807, 2.05) is 10.3 Å². The summed E-state index contributed by atoms with van der Waals surface area (Å²) in [6, 6.07) is 0. The Kier molecular flexibility index (Phi) is 7.69. The van der Waals surface area contributed by atoms with Gasteiger partial charge in [0, 0.05) is 37.5 Å². The minimum absolute atomic E-state index is 0.0381. The molecule has 134 valence electrons. The molecule has 0 radical (unpaired) electrons. The van der Waals surface area contributed by atoms with E-state index in [1.54, 1.807) is 6.20 Å². The van der Waals surface area contributed by atoms with E-state index in [1.165, 1.54) is 11.3 Å². The summed E-state index contributed by atoms with van der Waals surface area (Å²) in [7, 11) is 0. The highest BCUT2D eigenvalue weighted by Gasteiger charge is 2.31. The van der Waals surface area contributed by atoms with Gasteiger partial charge in [-0.3, -0.25) is 9.59 Å². The standard InChI is InChI=1S/C18H29N3O2S/c1-3-5-6-7-17(23)21-10-8-15(14(4-2)13-21)12-16(22)20-18-19-9-11-24-18/h9,11,14-15H,3-8,10,12-13H2,1-2H3,(H,19,20,22)/t14-,15-/m0/s1. The van der Waals surface area contributed by atoms with Gasteiger partial charge < -0.3 is 10.2 Å². The fraction of sp³-hybridized carbons (Fsp3) is 0.722. The number of amides is 2. The molecule has 1 N–H and O–H groups in total. The number of nitrogens with one attached hydrogen (secondary N) is 1. The van der Waals surface area contributed by atoms with Crippen molar-refractivity contribution in [2.75, 3.05) is 18.4 Å². The Balaban J connectivity index is 1.81. The van der Waals surface area contributed by atoms with Crippen molar-refractivity contribution >= 4 is 28.3 Å². The number of anilines is 1. The monoisotopic (exact) mass is 351 g/mol. The lowest BCUT2D eigenvalue weighted by Gasteiger charge is -2.38. The summed E-state index contributed by atoms with van der Waals surface area (Å²) in [5.41, 5.74) is 0. The van der Waals surface area contributed by atoms with Crippen molar-refractivity contribution in [2.45, 2.75) is 58.8 Å². The van der Waals surface area contributed by atoms with Crippen LogP contribution in [0.3, 0.4) is 0 Å². The molecule has 2 amide bonds. The fourth-order valence-corrected chi connectivity index (χ4v) is 3.96. The summed E-state index contributed by atoms with van der Waals surface area (Å²) < 4.78 is 0. The lowest BCUT2D eigenvalue weighted by molar-refractivity contribution is -0.134. The van der Waals surface area contributed by atoms with Gasteiger partial charge in [-0.1, -0.05) is 33.1 Å². The summed E-state index contributed by atoms with van der Waals surface area (Å²) >= 11 is 1.44. The Morgan fingerprint density at radius 1 is 1.33 bits per heavy atom. The third kappa shape index (κ3) is 5.58. The molecule has 1 aliphatic heterocycles. The Labute approximate surface area is 148 Å². The van der Waals surface area contributed by atoms with E-state index >= 15 is 0 Å². The van der Waals surface area contributed by atoms with Crippen molar-refractivity contribution in [3.63, 3.8) is 0 Å². The predicted molar refractivity (Wildman–Crippen MR) is 98.0 cm³/mol. The molecule has 0 spiro atoms. The number of likely N-dealkylation sites (tertiary alicyclic amines) is 1. The number of rotatable bonds is 8. The summed E-state index contributed by atoms with van der Waals surface area (Å²) in [6.07, 6.45) is 8.06. The van der Waals surface area contributed by atoms with Gasteiger partial charge in [-0.25, -0.2) is 4.98 Å². The van der Waals surface area contributed by atoms with Crippen LogP contribution in [-0.2, 0) is 9.59 Å². The van der Waals surface area contributed by atoms with E-state index in [9.17, 15) is 9.59 Å². The minimum atomic E-state index is 0.0381. The second-order valence-electron chi connectivity index (χ2n) is 6.60. The van der Waals surface area contributed by atoms with Crippen LogP contribution in [0.25, 0.3) is 0 Å². The van der Waals surface area contributed by atoms with Crippen LogP contribution in [0.15, 0.2) is 11.6 Å². The molecule has 0 saturated carbocycles. The van der Waals surface area contributed by atoms with Crippen LogP contribution >= 0.6 is 11.3 Å². The number of hydrogen-bond donors (Lipinski definition) is 1. The topological polar surface area (TPSA) is 62.3 Å². The number of carbonyl (C=O) groups excluding carboxylic acids is 2. The summed E-state index contributed by atoms with van der Waals surface area (Å²) in [5, 5.41) is 5.39. The zero-order valence-corrected chi connectivity index (χ0v) is 15.6. The van der Waals surface area contributed by atoms with Crippen LogP contribution < -0.4 is 5.32 Å². The van der Waals surface area contributed by atoms with Gasteiger partial charge in [-0.15, -0.1) is 11.3 Å². The second-order valence-corrected chi connectivity index (χ2v) is 7.50. The van der Waals surface area contributed by atoms with Crippen molar-refractivity contribution in [3.8, 4) is 0 Å². The normalized spacial score (nSPS) is 20.8. The first kappa shape index (κ1) is 18.9. The first-order chi connectivity index (χ1) is 11.6. The molecule has 0 unspecified atom stereocenters. The number of unbranched alkanes of at least 4 members (excludes halogenated alkanes) is 2. The van der Waals surface area contributed by atoms with E-state index < -0.39 is 0 Å². The van der Waals surface area contributed by atoms with Crippen LogP contribution in [0.1, 0.15) is 58.8 Å². The second kappa shape index (κ2) is 9.77. The van der Waals surface area contributed by atoms with E-state index in [4.69, 9.17) is 0 Å². The van der Waals surface area contributed by atoms with Crippen LogP contribution in [-0.4, -0.2) is 34.8 Å². The molecule has 2 atom stereocenters. The van der Waals surface area contributed by atoms with E-state index in [2.05, 4.69) is 24.1 Å². The number of hydrogen-bond acceptors (Lipinski definition) is 4. The minimum Gasteiger partial charge on any atom is -0.342 e. The van der Waals surface area contributed by atoms with Crippen molar-refractivity contribution in [1.82, 2.24) is 9.88 Å². The molecule has 0 aliphatic carbocycles. The lowest BCUT2D eigenvalue weighted by atomic mass is 9.81. The van der Waals surface area contributed by atoms with Crippen molar-refractivity contribution in [2.24, 2.45) is 11.8 Å². The molecular formula is C18H29N3O2S. The molecule has 2 heterocycles. The van der Waals surface area contributed by atoms with Crippen molar-refractivity contribution in [1.29, 1.82) is 0 Å². The number of aromatic nitrogens is 1. The maximum absolute atomic E-state index is 12.3. The largest absolute Gasteiger partial charge is 0.342 e. The molecule has 0 bridgehead atoms. The van der Waals surface area contributed by atoms with Gasteiger partial charge in [0.05, 0.1) is 0 Å². The molecule has 1 fully saturated rings. The Morgan fingerprint density at radius 3 is 2.83 bits per heavy atom. The van der Waals surface area contributed by atoms with Gasteiger partial charge in [0.25, 0.3) is 0 Å². The fourth-order valence-electron chi connectivity index (χ4n) is 3.42. The lowest BCUT2D eigenvalue weighted by Crippen LogP contribution is -2.44. The highest BCUT2D eigenvalue weighted by atomic mass is 32.1. The van der Waals surface area contributed by atoms with E-state index in [0.717, 1.165) is 45.2 Å². The molecule has 1 aromatic heterocycles. The Hall–Kier alpha value is -1.43. The van der Waals surface area contributed by atoms with Crippen LogP contribution in [0, 0.1) is 11.8 Å². The average Bonchev–Trinajstić information content (AvgIpc) is 3.08. The van der Waals surface area contributed by atoms with Gasteiger partial charge in [0.2, 0.25) is 11.8 Å². The Bertz CT molecular complexity index is 518. The SMILES string of the molecule is CCCCCC(=O)N1CC[C@@H](CC(=O)Nc2nccs2)[C@@H](CC)C1. The van der Waals surface area contributed by atoms with Gasteiger partial charge in [-0.05, 0) is 24.7 Å². The van der Waals surface area contributed by atoms with Gasteiger partial charge in [0.1, 0.15) is 0 Å². The molecule has 0 aromatic carbocycles. The smallest absolute Gasteiger partial charge is 0.226 e. The first-order valence-electron chi connectivity index (χ1n) is 9.11. The molecule has 1 aromatic rings. The Morgan fingerprint density at radius 2 is 2.17 bits per heavy atom. The number of piperidine rings is 1. The highest BCUT2D eigenvalue weighted by Crippen LogP contribution is 2.30. The summed E-state index contributed by atoms with van der Waals surface area (Å²) in [5.74, 6) is 1.09. The van der Waals surface area contributed by atoms with Crippen LogP contribution in [0.4, 0.5) is 5.13 Å². The quantitative estimate of drug-likeness (QED) is 0.722. The van der Waals surface area contributed by atoms with Crippen LogP contribution in [0.5, 0.6) is 0 Å². The summed E-state index contributed by atoms with van der Waals surface area (Å²) in [4.78, 5) is 30.6. The molecule has 1 saturated heterocycles. The molecule has 24 heavy (non-hydrogen) atoms. The molecule has 6 heteroatoms. The third-order valence-electron chi connectivity index (χ3n) is 4.89. The van der Waals surface area contributed by atoms with E-state index in [-0.39, 0.29) is 11.8 Å². The zero-order chi connectivity index (χ0) is 17.4. The molecular weight excluding hydrogens is 322 g/mol. The number of thiazole rings is 1. The number of nitrogens with zero attached hydrogens (tertiary/aromatic N) is 2. The van der Waals surface area contributed by atoms with Crippen LogP contribution in [0.2, 0.25) is 0 Å². The molecule has 2 rings (SSSR count). The zero-order valence-electron chi connectivity index (χ0n) is 14.8. The van der Waals surface area contributed by atoms with Gasteiger partial charge >= 0.3 is 0 Å². The summed E-state index contributed by atoms with van der Waals surface area (Å²) in [6.45, 7) is 5.90. The van der Waals surface area contributed by atoms with E-state index in [0.29, 0.717) is 29.8 Å².